The molecule has 0 heterocycles. The number of nitrogens with one attached hydrogen (secondary N) is 1. The van der Waals surface area contributed by atoms with E-state index in [2.05, 4.69) is 5.32 Å². The Kier molecular flexibility index (Phi) is 7.98. The third kappa shape index (κ3) is 6.34. The maximum absolute atomic E-state index is 12.4. The summed E-state index contributed by atoms with van der Waals surface area (Å²) >= 11 is 0. The zero-order valence-corrected chi connectivity index (χ0v) is 17.9. The molecule has 2 rings (SSSR count). The average molecular weight is 413 g/mol. The first-order valence-electron chi connectivity index (χ1n) is 9.65. The Hall–Kier alpha value is -3.35. The van der Waals surface area contributed by atoms with Crippen molar-refractivity contribution in [3.8, 4) is 11.5 Å². The molecule has 0 spiro atoms. The third-order valence-electron chi connectivity index (χ3n) is 4.18. The van der Waals surface area contributed by atoms with Crippen molar-refractivity contribution in [3.05, 3.63) is 53.6 Å². The highest BCUT2D eigenvalue weighted by atomic mass is 16.5. The van der Waals surface area contributed by atoms with Crippen LogP contribution in [-0.2, 0) is 9.53 Å². The predicted molar refractivity (Wildman–Crippen MR) is 113 cm³/mol. The second kappa shape index (κ2) is 10.4. The maximum Gasteiger partial charge on any atom is 0.339 e. The van der Waals surface area contributed by atoms with E-state index in [-0.39, 0.29) is 11.3 Å². The number of rotatable bonds is 9. The van der Waals surface area contributed by atoms with Crippen molar-refractivity contribution in [1.29, 1.82) is 0 Å². The van der Waals surface area contributed by atoms with Crippen LogP contribution in [0, 0.1) is 5.92 Å². The number of carbonyl (C=O) groups is 3. The van der Waals surface area contributed by atoms with E-state index < -0.39 is 18.0 Å². The van der Waals surface area contributed by atoms with E-state index in [0.717, 1.165) is 0 Å². The van der Waals surface area contributed by atoms with Gasteiger partial charge in [-0.25, -0.2) is 4.79 Å². The maximum atomic E-state index is 12.4. The number of amides is 1. The summed E-state index contributed by atoms with van der Waals surface area (Å²) in [6, 6.07) is 11.2. The number of Topliss-reactive ketones (excluding diaryl/α,β-unsaturated/α-hetero) is 1. The lowest BCUT2D eigenvalue weighted by Crippen LogP contribution is -2.30. The standard InChI is InChI=1S/C23H27NO6/c1-14(2)13-29-20-11-8-18(12-21(20)28-5)23(27)30-16(4)22(26)24-19-9-6-17(7-10-19)15(3)25/h6-12,14,16H,13H2,1-5H3,(H,24,26)/t16-/m1/s1. The van der Waals surface area contributed by atoms with Crippen molar-refractivity contribution in [1.82, 2.24) is 0 Å². The Labute approximate surface area is 176 Å². The van der Waals surface area contributed by atoms with E-state index in [9.17, 15) is 14.4 Å². The van der Waals surface area contributed by atoms with Gasteiger partial charge in [0.1, 0.15) is 0 Å². The molecule has 7 nitrogen and oxygen atoms in total. The number of esters is 1. The number of benzene rings is 2. The van der Waals surface area contributed by atoms with Gasteiger partial charge < -0.3 is 19.5 Å². The number of hydrogen-bond acceptors (Lipinski definition) is 6. The number of ketones is 1. The quantitative estimate of drug-likeness (QED) is 0.491. The minimum atomic E-state index is -1.02. The molecule has 0 fully saturated rings. The van der Waals surface area contributed by atoms with Gasteiger partial charge in [0.15, 0.2) is 23.4 Å². The van der Waals surface area contributed by atoms with E-state index in [0.29, 0.717) is 35.3 Å². The molecule has 1 amide bonds. The molecule has 0 saturated heterocycles. The summed E-state index contributed by atoms with van der Waals surface area (Å²) in [5.74, 6) is 0.0833. The van der Waals surface area contributed by atoms with Crippen LogP contribution in [0.2, 0.25) is 0 Å². The molecule has 0 aliphatic heterocycles. The monoisotopic (exact) mass is 413 g/mol. The summed E-state index contributed by atoms with van der Waals surface area (Å²) < 4.78 is 16.2. The molecule has 7 heteroatoms. The molecule has 2 aromatic carbocycles. The van der Waals surface area contributed by atoms with E-state index in [1.54, 1.807) is 36.4 Å². The smallest absolute Gasteiger partial charge is 0.339 e. The molecule has 0 radical (unpaired) electrons. The lowest BCUT2D eigenvalue weighted by atomic mass is 10.1. The average Bonchev–Trinajstić information content (AvgIpc) is 2.72. The van der Waals surface area contributed by atoms with Crippen molar-refractivity contribution in [2.45, 2.75) is 33.8 Å². The number of ether oxygens (including phenoxy) is 3. The topological polar surface area (TPSA) is 90.9 Å². The van der Waals surface area contributed by atoms with Gasteiger partial charge in [-0.1, -0.05) is 13.8 Å². The Bertz CT molecular complexity index is 904. The minimum absolute atomic E-state index is 0.0637. The molecule has 0 unspecified atom stereocenters. The molecular formula is C23H27NO6. The van der Waals surface area contributed by atoms with Crippen molar-refractivity contribution >= 4 is 23.3 Å². The number of anilines is 1. The summed E-state index contributed by atoms with van der Waals surface area (Å²) in [7, 11) is 1.49. The van der Waals surface area contributed by atoms with Crippen molar-refractivity contribution in [2.24, 2.45) is 5.92 Å². The Morgan fingerprint density at radius 1 is 0.933 bits per heavy atom. The third-order valence-corrected chi connectivity index (χ3v) is 4.18. The largest absolute Gasteiger partial charge is 0.493 e. The predicted octanol–water partition coefficient (Wildman–Crippen LogP) is 4.12. The van der Waals surface area contributed by atoms with E-state index in [1.165, 1.54) is 27.0 Å². The van der Waals surface area contributed by atoms with Crippen molar-refractivity contribution in [3.63, 3.8) is 0 Å². The summed E-state index contributed by atoms with van der Waals surface area (Å²) in [6.45, 7) is 7.52. The van der Waals surface area contributed by atoms with Gasteiger partial charge in [0.2, 0.25) is 0 Å². The normalized spacial score (nSPS) is 11.5. The van der Waals surface area contributed by atoms with Gasteiger partial charge in [0, 0.05) is 11.3 Å². The Balaban J connectivity index is 2.00. The lowest BCUT2D eigenvalue weighted by Gasteiger charge is -2.15. The first kappa shape index (κ1) is 22.9. The molecule has 30 heavy (non-hydrogen) atoms. The number of methoxy groups -OCH3 is 1. The number of hydrogen-bond donors (Lipinski definition) is 1. The molecular weight excluding hydrogens is 386 g/mol. The van der Waals surface area contributed by atoms with Gasteiger partial charge in [-0.15, -0.1) is 0 Å². The fourth-order valence-electron chi connectivity index (χ4n) is 2.48. The molecule has 0 aliphatic rings. The molecule has 0 aliphatic carbocycles. The first-order valence-corrected chi connectivity index (χ1v) is 9.65. The fraction of sp³-hybridized carbons (Fsp3) is 0.348. The van der Waals surface area contributed by atoms with Crippen molar-refractivity contribution in [2.75, 3.05) is 19.0 Å². The van der Waals surface area contributed by atoms with Crippen LogP contribution in [0.25, 0.3) is 0 Å². The van der Waals surface area contributed by atoms with Crippen LogP contribution >= 0.6 is 0 Å². The van der Waals surface area contributed by atoms with E-state index >= 15 is 0 Å². The van der Waals surface area contributed by atoms with Crippen LogP contribution in [0.3, 0.4) is 0 Å². The summed E-state index contributed by atoms with van der Waals surface area (Å²) in [5.41, 5.74) is 1.29. The van der Waals surface area contributed by atoms with Crippen LogP contribution < -0.4 is 14.8 Å². The SMILES string of the molecule is COc1cc(C(=O)O[C@H](C)C(=O)Nc2ccc(C(C)=O)cc2)ccc1OCC(C)C. The first-order chi connectivity index (χ1) is 14.2. The summed E-state index contributed by atoms with van der Waals surface area (Å²) in [5, 5.41) is 2.65. The second-order valence-corrected chi connectivity index (χ2v) is 7.24. The molecule has 2 aromatic rings. The van der Waals surface area contributed by atoms with Crippen LogP contribution in [0.1, 0.15) is 48.4 Å². The number of carbonyl (C=O) groups excluding carboxylic acids is 3. The fourth-order valence-corrected chi connectivity index (χ4v) is 2.48. The van der Waals surface area contributed by atoms with Gasteiger partial charge in [-0.3, -0.25) is 9.59 Å². The minimum Gasteiger partial charge on any atom is -0.493 e. The summed E-state index contributed by atoms with van der Waals surface area (Å²) in [6.07, 6.45) is -1.02. The molecule has 0 aromatic heterocycles. The van der Waals surface area contributed by atoms with E-state index in [1.807, 2.05) is 13.8 Å². The van der Waals surface area contributed by atoms with Gasteiger partial charge in [0.25, 0.3) is 5.91 Å². The molecule has 1 atom stereocenters. The van der Waals surface area contributed by atoms with Crippen LogP contribution in [0.5, 0.6) is 11.5 Å². The molecule has 1 N–H and O–H groups in total. The highest BCUT2D eigenvalue weighted by molar-refractivity contribution is 5.98. The molecule has 0 bridgehead atoms. The zero-order valence-electron chi connectivity index (χ0n) is 17.9. The highest BCUT2D eigenvalue weighted by Crippen LogP contribution is 2.29. The Morgan fingerprint density at radius 2 is 1.57 bits per heavy atom. The molecule has 160 valence electrons. The highest BCUT2D eigenvalue weighted by Gasteiger charge is 2.20. The second-order valence-electron chi connectivity index (χ2n) is 7.24. The summed E-state index contributed by atoms with van der Waals surface area (Å²) in [4.78, 5) is 36.1. The van der Waals surface area contributed by atoms with E-state index in [4.69, 9.17) is 14.2 Å². The van der Waals surface area contributed by atoms with Gasteiger partial charge in [0.05, 0.1) is 19.3 Å². The van der Waals surface area contributed by atoms with Gasteiger partial charge in [-0.2, -0.15) is 0 Å². The van der Waals surface area contributed by atoms with Crippen LogP contribution in [0.4, 0.5) is 5.69 Å². The Morgan fingerprint density at radius 3 is 2.13 bits per heavy atom. The molecule has 0 saturated carbocycles. The van der Waals surface area contributed by atoms with Crippen LogP contribution in [0.15, 0.2) is 42.5 Å². The van der Waals surface area contributed by atoms with Crippen LogP contribution in [-0.4, -0.2) is 37.5 Å². The van der Waals surface area contributed by atoms with Crippen molar-refractivity contribution < 1.29 is 28.6 Å². The van der Waals surface area contributed by atoms with Gasteiger partial charge >= 0.3 is 5.97 Å². The van der Waals surface area contributed by atoms with Gasteiger partial charge in [-0.05, 0) is 62.2 Å². The lowest BCUT2D eigenvalue weighted by molar-refractivity contribution is -0.123. The zero-order chi connectivity index (χ0) is 22.3.